The summed E-state index contributed by atoms with van der Waals surface area (Å²) >= 11 is 12.7. The van der Waals surface area contributed by atoms with Crippen LogP contribution in [-0.4, -0.2) is 35.3 Å². The fraction of sp³-hybridized carbons (Fsp3) is 0.190. The summed E-state index contributed by atoms with van der Waals surface area (Å²) in [5, 5.41) is 10.7. The van der Waals surface area contributed by atoms with E-state index in [9.17, 15) is 9.59 Å². The van der Waals surface area contributed by atoms with Crippen LogP contribution in [0, 0.1) is 6.92 Å². The summed E-state index contributed by atoms with van der Waals surface area (Å²) in [5.41, 5.74) is 2.80. The minimum Gasteiger partial charge on any atom is -0.375 e. The number of nitrogens with zero attached hydrogens (tertiary/aromatic N) is 2. The van der Waals surface area contributed by atoms with E-state index >= 15 is 0 Å². The quantitative estimate of drug-likeness (QED) is 0.563. The first kappa shape index (κ1) is 21.8. The van der Waals surface area contributed by atoms with Gasteiger partial charge in [0.2, 0.25) is 5.91 Å². The molecule has 0 radical (unpaired) electrons. The molecular formula is C21H20Cl2N4O3. The third-order valence-corrected chi connectivity index (χ3v) is 5.03. The van der Waals surface area contributed by atoms with Crippen molar-refractivity contribution in [2.75, 3.05) is 24.4 Å². The van der Waals surface area contributed by atoms with Gasteiger partial charge in [0.1, 0.15) is 11.8 Å². The molecular weight excluding hydrogens is 427 g/mol. The molecule has 0 unspecified atom stereocenters. The number of carbonyl (C=O) groups excluding carboxylic acids is 2. The van der Waals surface area contributed by atoms with Gasteiger partial charge in [0.15, 0.2) is 0 Å². The number of benzene rings is 2. The monoisotopic (exact) mass is 446 g/mol. The summed E-state index contributed by atoms with van der Waals surface area (Å²) in [6, 6.07) is 14.1. The molecule has 0 spiro atoms. The highest BCUT2D eigenvalue weighted by Crippen LogP contribution is 2.24. The lowest BCUT2D eigenvalue weighted by molar-refractivity contribution is -0.119. The van der Waals surface area contributed by atoms with E-state index in [4.69, 9.17) is 27.9 Å². The Morgan fingerprint density at radius 2 is 1.67 bits per heavy atom. The van der Waals surface area contributed by atoms with E-state index in [0.717, 1.165) is 5.56 Å². The molecule has 156 valence electrons. The van der Waals surface area contributed by atoms with Crippen LogP contribution in [0.15, 0.2) is 48.5 Å². The smallest absolute Gasteiger partial charge is 0.260 e. The Bertz CT molecular complexity index is 1060. The molecule has 9 heteroatoms. The van der Waals surface area contributed by atoms with Crippen molar-refractivity contribution in [3.63, 3.8) is 0 Å². The van der Waals surface area contributed by atoms with Crippen LogP contribution >= 0.6 is 23.2 Å². The minimum atomic E-state index is -0.376. The maximum atomic E-state index is 12.8. The third kappa shape index (κ3) is 5.18. The third-order valence-electron chi connectivity index (χ3n) is 4.27. The number of carbonyl (C=O) groups is 2. The number of rotatable bonds is 7. The molecule has 0 aliphatic carbocycles. The number of hydrogen-bond acceptors (Lipinski definition) is 4. The van der Waals surface area contributed by atoms with Gasteiger partial charge in [-0.25, -0.2) is 4.68 Å². The van der Waals surface area contributed by atoms with Crippen molar-refractivity contribution in [1.29, 1.82) is 0 Å². The van der Waals surface area contributed by atoms with Crippen LogP contribution in [0.25, 0.3) is 0 Å². The lowest BCUT2D eigenvalue weighted by Crippen LogP contribution is -2.17. The largest absolute Gasteiger partial charge is 0.375 e. The van der Waals surface area contributed by atoms with Crippen LogP contribution in [-0.2, 0) is 16.1 Å². The van der Waals surface area contributed by atoms with Crippen molar-refractivity contribution >= 4 is 46.4 Å². The Morgan fingerprint density at radius 1 is 1.03 bits per heavy atom. The number of hydrogen-bond donors (Lipinski definition) is 2. The first-order valence-electron chi connectivity index (χ1n) is 9.05. The van der Waals surface area contributed by atoms with Crippen LogP contribution in [0.5, 0.6) is 0 Å². The fourth-order valence-electron chi connectivity index (χ4n) is 2.86. The SMILES string of the molecule is COCC(=O)Nc1ccc(NC(=O)c2c(C)nn(Cc3ccccc3Cl)c2Cl)cc1. The summed E-state index contributed by atoms with van der Waals surface area (Å²) < 4.78 is 6.32. The van der Waals surface area contributed by atoms with Gasteiger partial charge in [-0.1, -0.05) is 41.4 Å². The summed E-state index contributed by atoms with van der Waals surface area (Å²) in [5.74, 6) is -0.637. The number of halogens is 2. The van der Waals surface area contributed by atoms with Gasteiger partial charge in [-0.2, -0.15) is 5.10 Å². The second-order valence-corrected chi connectivity index (χ2v) is 7.28. The fourth-order valence-corrected chi connectivity index (χ4v) is 3.38. The molecule has 0 aliphatic rings. The Hall–Kier alpha value is -2.87. The molecule has 2 N–H and O–H groups in total. The van der Waals surface area contributed by atoms with E-state index in [1.165, 1.54) is 7.11 Å². The number of aryl methyl sites for hydroxylation is 1. The van der Waals surface area contributed by atoms with Crippen LogP contribution in [0.4, 0.5) is 11.4 Å². The van der Waals surface area contributed by atoms with Gasteiger partial charge in [-0.3, -0.25) is 9.59 Å². The van der Waals surface area contributed by atoms with Gasteiger partial charge < -0.3 is 15.4 Å². The standard InChI is InChI=1S/C21H20Cl2N4O3/c1-13-19(20(23)27(26-13)11-14-5-3-4-6-17(14)22)21(29)25-16-9-7-15(8-10-16)24-18(28)12-30-2/h3-10H,11-12H2,1-2H3,(H,24,28)(H,25,29). The lowest BCUT2D eigenvalue weighted by atomic mass is 10.2. The Kier molecular flexibility index (Phi) is 7.10. The highest BCUT2D eigenvalue weighted by molar-refractivity contribution is 6.34. The van der Waals surface area contributed by atoms with Gasteiger partial charge in [-0.15, -0.1) is 0 Å². The molecule has 3 aromatic rings. The number of methoxy groups -OCH3 is 1. The van der Waals surface area contributed by atoms with Crippen molar-refractivity contribution in [3.8, 4) is 0 Å². The molecule has 0 bridgehead atoms. The molecule has 2 amide bonds. The van der Waals surface area contributed by atoms with E-state index in [1.807, 2.05) is 18.2 Å². The molecule has 2 aromatic carbocycles. The molecule has 7 nitrogen and oxygen atoms in total. The molecule has 3 rings (SSSR count). The van der Waals surface area contributed by atoms with Crippen molar-refractivity contribution < 1.29 is 14.3 Å². The van der Waals surface area contributed by atoms with Gasteiger partial charge in [0, 0.05) is 23.5 Å². The number of anilines is 2. The number of nitrogens with one attached hydrogen (secondary N) is 2. The first-order valence-corrected chi connectivity index (χ1v) is 9.81. The molecule has 0 saturated carbocycles. The van der Waals surface area contributed by atoms with E-state index < -0.39 is 0 Å². The second-order valence-electron chi connectivity index (χ2n) is 6.51. The normalized spacial score (nSPS) is 10.7. The van der Waals surface area contributed by atoms with Crippen molar-refractivity contribution in [2.45, 2.75) is 13.5 Å². The molecule has 1 heterocycles. The van der Waals surface area contributed by atoms with Crippen molar-refractivity contribution in [2.24, 2.45) is 0 Å². The highest BCUT2D eigenvalue weighted by atomic mass is 35.5. The molecule has 1 aromatic heterocycles. The maximum absolute atomic E-state index is 12.8. The lowest BCUT2D eigenvalue weighted by Gasteiger charge is -2.08. The predicted octanol–water partition coefficient (Wildman–Crippen LogP) is 4.38. The van der Waals surface area contributed by atoms with Gasteiger partial charge in [0.25, 0.3) is 5.91 Å². The van der Waals surface area contributed by atoms with E-state index in [1.54, 1.807) is 41.9 Å². The highest BCUT2D eigenvalue weighted by Gasteiger charge is 2.21. The van der Waals surface area contributed by atoms with Crippen LogP contribution < -0.4 is 10.6 Å². The topological polar surface area (TPSA) is 85.2 Å². The van der Waals surface area contributed by atoms with Gasteiger partial charge >= 0.3 is 0 Å². The average Bonchev–Trinajstić information content (AvgIpc) is 2.98. The average molecular weight is 447 g/mol. The zero-order valence-electron chi connectivity index (χ0n) is 16.4. The number of ether oxygens (including phenoxy) is 1. The summed E-state index contributed by atoms with van der Waals surface area (Å²) in [6.07, 6.45) is 0. The Balaban J connectivity index is 1.72. The summed E-state index contributed by atoms with van der Waals surface area (Å²) in [6.45, 7) is 2.04. The molecule has 0 aliphatic heterocycles. The molecule has 0 fully saturated rings. The van der Waals surface area contributed by atoms with E-state index in [2.05, 4.69) is 15.7 Å². The van der Waals surface area contributed by atoms with Gasteiger partial charge in [0.05, 0.1) is 17.8 Å². The molecule has 0 saturated heterocycles. The molecule has 0 atom stereocenters. The van der Waals surface area contributed by atoms with Crippen LogP contribution in [0.1, 0.15) is 21.6 Å². The maximum Gasteiger partial charge on any atom is 0.260 e. The Morgan fingerprint density at radius 3 is 2.30 bits per heavy atom. The zero-order valence-corrected chi connectivity index (χ0v) is 17.9. The Labute approximate surface area is 183 Å². The first-order chi connectivity index (χ1) is 14.4. The summed E-state index contributed by atoms with van der Waals surface area (Å²) in [4.78, 5) is 24.3. The second kappa shape index (κ2) is 9.75. The van der Waals surface area contributed by atoms with Crippen molar-refractivity contribution in [3.05, 3.63) is 75.5 Å². The summed E-state index contributed by atoms with van der Waals surface area (Å²) in [7, 11) is 1.45. The number of amides is 2. The van der Waals surface area contributed by atoms with Crippen LogP contribution in [0.3, 0.4) is 0 Å². The van der Waals surface area contributed by atoms with E-state index in [-0.39, 0.29) is 23.6 Å². The predicted molar refractivity (Wildman–Crippen MR) is 117 cm³/mol. The zero-order chi connectivity index (χ0) is 21.7. The minimum absolute atomic E-state index is 0.0333. The van der Waals surface area contributed by atoms with Crippen molar-refractivity contribution in [1.82, 2.24) is 9.78 Å². The van der Waals surface area contributed by atoms with Gasteiger partial charge in [-0.05, 0) is 42.8 Å². The van der Waals surface area contributed by atoms with Crippen LogP contribution in [0.2, 0.25) is 10.2 Å². The number of aromatic nitrogens is 2. The molecule has 30 heavy (non-hydrogen) atoms. The van der Waals surface area contributed by atoms with E-state index in [0.29, 0.717) is 34.2 Å².